The van der Waals surface area contributed by atoms with Crippen LogP contribution in [0.25, 0.3) is 0 Å². The van der Waals surface area contributed by atoms with Crippen molar-refractivity contribution in [1.29, 1.82) is 0 Å². The van der Waals surface area contributed by atoms with Gasteiger partial charge >= 0.3 is 0 Å². The molecule has 1 aliphatic carbocycles. The van der Waals surface area contributed by atoms with E-state index in [0.717, 1.165) is 24.7 Å². The number of rotatable bonds is 3. The predicted octanol–water partition coefficient (Wildman–Crippen LogP) is 2.02. The van der Waals surface area contributed by atoms with Crippen molar-refractivity contribution in [3.63, 3.8) is 0 Å². The fourth-order valence-corrected chi connectivity index (χ4v) is 2.75. The average molecular weight is 246 g/mol. The topological polar surface area (TPSA) is 26.7 Å². The summed E-state index contributed by atoms with van der Waals surface area (Å²) in [5.74, 6) is 0. The van der Waals surface area contributed by atoms with Gasteiger partial charge in [0.25, 0.3) is 0 Å². The molecule has 0 aromatic heterocycles. The Hall–Kier alpha value is -1.06. The van der Waals surface area contributed by atoms with Crippen LogP contribution < -0.4 is 4.90 Å². The molecule has 1 N–H and O–H groups in total. The SMILES string of the molecule is C[C@@H](O)c1ccc(N2CCN(C3CC3)CC2)cc1. The normalized spacial score (nSPS) is 23.1. The summed E-state index contributed by atoms with van der Waals surface area (Å²) in [6, 6.07) is 9.23. The van der Waals surface area contributed by atoms with Gasteiger partial charge in [0, 0.05) is 37.9 Å². The van der Waals surface area contributed by atoms with E-state index < -0.39 is 0 Å². The number of hydrogen-bond donors (Lipinski definition) is 1. The number of anilines is 1. The zero-order valence-corrected chi connectivity index (χ0v) is 11.0. The van der Waals surface area contributed by atoms with Crippen LogP contribution in [-0.2, 0) is 0 Å². The molecule has 3 nitrogen and oxygen atoms in total. The minimum absolute atomic E-state index is 0.370. The van der Waals surface area contributed by atoms with Crippen LogP contribution in [0.3, 0.4) is 0 Å². The van der Waals surface area contributed by atoms with E-state index in [1.807, 2.05) is 19.1 Å². The minimum Gasteiger partial charge on any atom is -0.389 e. The van der Waals surface area contributed by atoms with Gasteiger partial charge in [-0.1, -0.05) is 12.1 Å². The van der Waals surface area contributed by atoms with Crippen molar-refractivity contribution in [3.05, 3.63) is 29.8 Å². The molecule has 0 radical (unpaired) electrons. The Kier molecular flexibility index (Phi) is 3.27. The van der Waals surface area contributed by atoms with E-state index in [-0.39, 0.29) is 6.10 Å². The highest BCUT2D eigenvalue weighted by atomic mass is 16.3. The third kappa shape index (κ3) is 2.52. The van der Waals surface area contributed by atoms with Crippen LogP contribution in [0, 0.1) is 0 Å². The quantitative estimate of drug-likeness (QED) is 0.884. The summed E-state index contributed by atoms with van der Waals surface area (Å²) in [6.45, 7) is 6.46. The van der Waals surface area contributed by atoms with Gasteiger partial charge in [-0.05, 0) is 37.5 Å². The van der Waals surface area contributed by atoms with Crippen LogP contribution in [0.15, 0.2) is 24.3 Å². The van der Waals surface area contributed by atoms with Gasteiger partial charge in [0.2, 0.25) is 0 Å². The fraction of sp³-hybridized carbons (Fsp3) is 0.600. The second-order valence-corrected chi connectivity index (χ2v) is 5.52. The van der Waals surface area contributed by atoms with E-state index in [1.165, 1.54) is 31.6 Å². The molecule has 2 aliphatic rings. The smallest absolute Gasteiger partial charge is 0.0761 e. The van der Waals surface area contributed by atoms with E-state index in [2.05, 4.69) is 21.9 Å². The van der Waals surface area contributed by atoms with Crippen molar-refractivity contribution < 1.29 is 5.11 Å². The highest BCUT2D eigenvalue weighted by Crippen LogP contribution is 2.28. The van der Waals surface area contributed by atoms with Gasteiger partial charge in [0.15, 0.2) is 0 Å². The lowest BCUT2D eigenvalue weighted by molar-refractivity contribution is 0.199. The third-order valence-corrected chi connectivity index (χ3v) is 4.12. The van der Waals surface area contributed by atoms with Crippen LogP contribution in [0.4, 0.5) is 5.69 Å². The number of piperazine rings is 1. The highest BCUT2D eigenvalue weighted by molar-refractivity contribution is 5.48. The molecule has 1 saturated heterocycles. The Morgan fingerprint density at radius 3 is 2.17 bits per heavy atom. The molecule has 3 rings (SSSR count). The van der Waals surface area contributed by atoms with Gasteiger partial charge in [-0.25, -0.2) is 0 Å². The predicted molar refractivity (Wildman–Crippen MR) is 73.9 cm³/mol. The van der Waals surface area contributed by atoms with Gasteiger partial charge < -0.3 is 10.0 Å². The first-order chi connectivity index (χ1) is 8.74. The second kappa shape index (κ2) is 4.90. The van der Waals surface area contributed by atoms with Gasteiger partial charge in [0.05, 0.1) is 6.10 Å². The zero-order valence-electron chi connectivity index (χ0n) is 11.0. The maximum absolute atomic E-state index is 9.51. The largest absolute Gasteiger partial charge is 0.389 e. The lowest BCUT2D eigenvalue weighted by Crippen LogP contribution is -2.47. The lowest BCUT2D eigenvalue weighted by atomic mass is 10.1. The number of hydrogen-bond acceptors (Lipinski definition) is 3. The van der Waals surface area contributed by atoms with Crippen LogP contribution in [0.2, 0.25) is 0 Å². The maximum atomic E-state index is 9.51. The molecular weight excluding hydrogens is 224 g/mol. The summed E-state index contributed by atoms with van der Waals surface area (Å²) in [4.78, 5) is 5.07. The Morgan fingerprint density at radius 1 is 1.06 bits per heavy atom. The Bertz CT molecular complexity index is 389. The van der Waals surface area contributed by atoms with E-state index >= 15 is 0 Å². The Morgan fingerprint density at radius 2 is 1.67 bits per heavy atom. The van der Waals surface area contributed by atoms with E-state index in [1.54, 1.807) is 0 Å². The van der Waals surface area contributed by atoms with Gasteiger partial charge in [-0.2, -0.15) is 0 Å². The zero-order chi connectivity index (χ0) is 12.5. The lowest BCUT2D eigenvalue weighted by Gasteiger charge is -2.36. The molecule has 0 unspecified atom stereocenters. The molecule has 18 heavy (non-hydrogen) atoms. The minimum atomic E-state index is -0.370. The summed E-state index contributed by atoms with van der Waals surface area (Å²) in [6.07, 6.45) is 2.44. The molecule has 3 heteroatoms. The van der Waals surface area contributed by atoms with Crippen molar-refractivity contribution in [1.82, 2.24) is 4.90 Å². The van der Waals surface area contributed by atoms with Crippen LogP contribution in [0.1, 0.15) is 31.4 Å². The number of nitrogens with zero attached hydrogens (tertiary/aromatic N) is 2. The Labute approximate surface area is 109 Å². The molecule has 1 aromatic rings. The third-order valence-electron chi connectivity index (χ3n) is 4.12. The summed E-state index contributed by atoms with van der Waals surface area (Å²) in [5.41, 5.74) is 2.28. The molecule has 0 amide bonds. The summed E-state index contributed by atoms with van der Waals surface area (Å²) in [7, 11) is 0. The monoisotopic (exact) mass is 246 g/mol. The number of benzene rings is 1. The molecule has 1 heterocycles. The molecule has 0 bridgehead atoms. The standard InChI is InChI=1S/C15H22N2O/c1-12(18)13-2-4-14(5-3-13)16-8-10-17(11-9-16)15-6-7-15/h2-5,12,15,18H,6-11H2,1H3/t12-/m1/s1. The van der Waals surface area contributed by atoms with Gasteiger partial charge in [0.1, 0.15) is 0 Å². The van der Waals surface area contributed by atoms with E-state index in [4.69, 9.17) is 0 Å². The van der Waals surface area contributed by atoms with Crippen LogP contribution in [-0.4, -0.2) is 42.2 Å². The first-order valence-corrected chi connectivity index (χ1v) is 7.01. The first kappa shape index (κ1) is 12.0. The second-order valence-electron chi connectivity index (χ2n) is 5.52. The summed E-state index contributed by atoms with van der Waals surface area (Å²) >= 11 is 0. The van der Waals surface area contributed by atoms with Gasteiger partial charge in [-0.3, -0.25) is 4.90 Å². The molecule has 0 spiro atoms. The molecule has 1 saturated carbocycles. The summed E-state index contributed by atoms with van der Waals surface area (Å²) in [5, 5.41) is 9.51. The van der Waals surface area contributed by atoms with E-state index in [9.17, 15) is 5.11 Å². The van der Waals surface area contributed by atoms with Crippen molar-refractivity contribution in [2.24, 2.45) is 0 Å². The molecule has 98 valence electrons. The molecule has 1 atom stereocenters. The Balaban J connectivity index is 1.61. The van der Waals surface area contributed by atoms with Crippen LogP contribution >= 0.6 is 0 Å². The first-order valence-electron chi connectivity index (χ1n) is 7.01. The highest BCUT2D eigenvalue weighted by Gasteiger charge is 2.31. The number of aliphatic hydroxyl groups is 1. The number of aliphatic hydroxyl groups excluding tert-OH is 1. The fourth-order valence-electron chi connectivity index (χ4n) is 2.75. The average Bonchev–Trinajstić information content (AvgIpc) is 3.23. The molecule has 1 aliphatic heterocycles. The summed E-state index contributed by atoms with van der Waals surface area (Å²) < 4.78 is 0. The maximum Gasteiger partial charge on any atom is 0.0761 e. The van der Waals surface area contributed by atoms with Gasteiger partial charge in [-0.15, -0.1) is 0 Å². The van der Waals surface area contributed by atoms with Crippen molar-refractivity contribution >= 4 is 5.69 Å². The van der Waals surface area contributed by atoms with Crippen LogP contribution in [0.5, 0.6) is 0 Å². The van der Waals surface area contributed by atoms with Crippen molar-refractivity contribution in [2.45, 2.75) is 31.9 Å². The molecular formula is C15H22N2O. The van der Waals surface area contributed by atoms with E-state index in [0.29, 0.717) is 0 Å². The molecule has 2 fully saturated rings. The molecule has 1 aromatic carbocycles. The van der Waals surface area contributed by atoms with Crippen molar-refractivity contribution in [2.75, 3.05) is 31.1 Å². The van der Waals surface area contributed by atoms with Crippen molar-refractivity contribution in [3.8, 4) is 0 Å².